The molecule has 0 bridgehead atoms. The lowest BCUT2D eigenvalue weighted by atomic mass is 9.94. The van der Waals surface area contributed by atoms with E-state index in [0.717, 1.165) is 0 Å². The second-order valence-electron chi connectivity index (χ2n) is 5.55. The maximum atomic E-state index is 2.24. The Hall–Kier alpha value is -2.60. The Morgan fingerprint density at radius 3 is 2.00 bits per heavy atom. The van der Waals surface area contributed by atoms with Crippen LogP contribution >= 0.6 is 0 Å². The van der Waals surface area contributed by atoms with E-state index in [-0.39, 0.29) is 0 Å². The second kappa shape index (κ2) is 6.66. The summed E-state index contributed by atoms with van der Waals surface area (Å²) in [6.07, 6.45) is 0. The normalized spacial score (nSPS) is 10.4. The highest BCUT2D eigenvalue weighted by atomic mass is 14.1. The number of fused-ring (bicyclic) bond motifs is 3. The van der Waals surface area contributed by atoms with Crippen LogP contribution < -0.4 is 0 Å². The van der Waals surface area contributed by atoms with Gasteiger partial charge in [0, 0.05) is 0 Å². The zero-order valence-electron chi connectivity index (χ0n) is 14.0. The third kappa shape index (κ3) is 2.85. The Bertz CT molecular complexity index is 931. The molecule has 0 aliphatic heterocycles. The van der Waals surface area contributed by atoms with Gasteiger partial charge in [-0.2, -0.15) is 0 Å². The summed E-state index contributed by atoms with van der Waals surface area (Å²) in [7, 11) is 0. The van der Waals surface area contributed by atoms with Crippen LogP contribution in [0.3, 0.4) is 0 Å². The lowest BCUT2D eigenvalue weighted by Gasteiger charge is -2.10. The van der Waals surface area contributed by atoms with Gasteiger partial charge in [-0.05, 0) is 39.6 Å². The molecule has 0 heteroatoms. The van der Waals surface area contributed by atoms with Crippen molar-refractivity contribution in [3.8, 4) is 11.1 Å². The summed E-state index contributed by atoms with van der Waals surface area (Å²) < 4.78 is 0. The van der Waals surface area contributed by atoms with Gasteiger partial charge in [0.05, 0.1) is 0 Å². The summed E-state index contributed by atoms with van der Waals surface area (Å²) in [5.74, 6) is 0. The lowest BCUT2D eigenvalue weighted by Crippen LogP contribution is -1.83. The number of hydrogen-bond donors (Lipinski definition) is 0. The van der Waals surface area contributed by atoms with Crippen LogP contribution in [0.25, 0.3) is 32.7 Å². The van der Waals surface area contributed by atoms with Crippen molar-refractivity contribution in [3.63, 3.8) is 0 Å². The molecule has 4 aromatic rings. The minimum atomic E-state index is 1.28. The van der Waals surface area contributed by atoms with Crippen molar-refractivity contribution in [2.45, 2.75) is 20.8 Å². The van der Waals surface area contributed by atoms with Crippen LogP contribution in [-0.2, 0) is 0 Å². The number of hydrogen-bond acceptors (Lipinski definition) is 0. The molecule has 0 N–H and O–H groups in total. The standard InChI is InChI=1S/C21H16.C2H6/c1-15-9-11-17(12-10-15)19-7-4-8-20-18-6-3-2-5-16(18)13-14-21(19)20;1-2/h2-14H,1H3;1-2H3. The van der Waals surface area contributed by atoms with Crippen molar-refractivity contribution in [3.05, 3.63) is 84.4 Å². The molecule has 0 saturated heterocycles. The molecule has 0 aromatic heterocycles. The fourth-order valence-electron chi connectivity index (χ4n) is 3.03. The van der Waals surface area contributed by atoms with Crippen LogP contribution in [0, 0.1) is 6.92 Å². The zero-order valence-corrected chi connectivity index (χ0v) is 14.0. The highest BCUT2D eigenvalue weighted by Gasteiger charge is 2.06. The maximum Gasteiger partial charge on any atom is -0.00990 e. The highest BCUT2D eigenvalue weighted by Crippen LogP contribution is 2.33. The van der Waals surface area contributed by atoms with E-state index in [2.05, 4.69) is 85.8 Å². The van der Waals surface area contributed by atoms with Crippen molar-refractivity contribution >= 4 is 21.5 Å². The average molecular weight is 298 g/mol. The molecule has 23 heavy (non-hydrogen) atoms. The third-order valence-electron chi connectivity index (χ3n) is 4.15. The monoisotopic (exact) mass is 298 g/mol. The van der Waals surface area contributed by atoms with Crippen LogP contribution in [0.2, 0.25) is 0 Å². The minimum absolute atomic E-state index is 1.28. The van der Waals surface area contributed by atoms with Crippen molar-refractivity contribution < 1.29 is 0 Å². The predicted octanol–water partition coefficient (Wildman–Crippen LogP) is 6.99. The molecule has 0 unspecified atom stereocenters. The van der Waals surface area contributed by atoms with E-state index < -0.39 is 0 Å². The Labute approximate surface area is 138 Å². The van der Waals surface area contributed by atoms with Gasteiger partial charge in [-0.25, -0.2) is 0 Å². The Morgan fingerprint density at radius 2 is 1.22 bits per heavy atom. The topological polar surface area (TPSA) is 0 Å². The smallest absolute Gasteiger partial charge is 0.00990 e. The molecule has 0 aliphatic rings. The van der Waals surface area contributed by atoms with Crippen LogP contribution in [0.1, 0.15) is 19.4 Å². The Kier molecular flexibility index (Phi) is 4.43. The molecular formula is C23H22. The van der Waals surface area contributed by atoms with E-state index in [0.29, 0.717) is 0 Å². The van der Waals surface area contributed by atoms with Gasteiger partial charge in [0.25, 0.3) is 0 Å². The average Bonchev–Trinajstić information content (AvgIpc) is 2.63. The summed E-state index contributed by atoms with van der Waals surface area (Å²) in [5.41, 5.74) is 3.88. The van der Waals surface area contributed by atoms with Crippen molar-refractivity contribution in [1.82, 2.24) is 0 Å². The Balaban J connectivity index is 0.000000753. The van der Waals surface area contributed by atoms with Gasteiger partial charge in [-0.3, -0.25) is 0 Å². The third-order valence-corrected chi connectivity index (χ3v) is 4.15. The fourth-order valence-corrected chi connectivity index (χ4v) is 3.03. The minimum Gasteiger partial charge on any atom is -0.0683 e. The molecule has 0 spiro atoms. The first-order chi connectivity index (χ1) is 11.3. The van der Waals surface area contributed by atoms with E-state index in [4.69, 9.17) is 0 Å². The first-order valence-electron chi connectivity index (χ1n) is 8.30. The van der Waals surface area contributed by atoms with E-state index in [9.17, 15) is 0 Å². The summed E-state index contributed by atoms with van der Waals surface area (Å²) in [4.78, 5) is 0. The molecule has 0 radical (unpaired) electrons. The molecule has 0 atom stereocenters. The van der Waals surface area contributed by atoms with Gasteiger partial charge < -0.3 is 0 Å². The predicted molar refractivity (Wildman–Crippen MR) is 103 cm³/mol. The molecule has 4 aromatic carbocycles. The maximum absolute atomic E-state index is 2.24. The largest absolute Gasteiger partial charge is 0.0683 e. The molecule has 0 nitrogen and oxygen atoms in total. The van der Waals surface area contributed by atoms with Crippen molar-refractivity contribution in [1.29, 1.82) is 0 Å². The van der Waals surface area contributed by atoms with E-state index >= 15 is 0 Å². The van der Waals surface area contributed by atoms with Gasteiger partial charge in [-0.15, -0.1) is 0 Å². The quantitative estimate of drug-likeness (QED) is 0.332. The van der Waals surface area contributed by atoms with Gasteiger partial charge >= 0.3 is 0 Å². The van der Waals surface area contributed by atoms with Crippen LogP contribution in [-0.4, -0.2) is 0 Å². The molecule has 0 heterocycles. The zero-order chi connectivity index (χ0) is 16.2. The molecule has 114 valence electrons. The first-order valence-corrected chi connectivity index (χ1v) is 8.30. The number of benzene rings is 4. The molecule has 4 rings (SSSR count). The molecule has 0 amide bonds. The number of aryl methyl sites for hydroxylation is 1. The van der Waals surface area contributed by atoms with E-state index in [1.54, 1.807) is 0 Å². The van der Waals surface area contributed by atoms with Gasteiger partial charge in [0.15, 0.2) is 0 Å². The van der Waals surface area contributed by atoms with Crippen LogP contribution in [0.5, 0.6) is 0 Å². The molecule has 0 aliphatic carbocycles. The van der Waals surface area contributed by atoms with Crippen LogP contribution in [0.4, 0.5) is 0 Å². The molecule has 0 fully saturated rings. The summed E-state index contributed by atoms with van der Waals surface area (Å²) in [6.45, 7) is 6.13. The Morgan fingerprint density at radius 1 is 0.522 bits per heavy atom. The van der Waals surface area contributed by atoms with Gasteiger partial charge in [0.1, 0.15) is 0 Å². The summed E-state index contributed by atoms with van der Waals surface area (Å²) in [6, 6.07) is 28.4. The highest BCUT2D eigenvalue weighted by molar-refractivity contribution is 6.11. The van der Waals surface area contributed by atoms with Gasteiger partial charge in [0.2, 0.25) is 0 Å². The van der Waals surface area contributed by atoms with Gasteiger partial charge in [-0.1, -0.05) is 98.3 Å². The van der Waals surface area contributed by atoms with Crippen LogP contribution in [0.15, 0.2) is 78.9 Å². The lowest BCUT2D eigenvalue weighted by molar-refractivity contribution is 1.47. The number of rotatable bonds is 1. The molecule has 0 saturated carbocycles. The van der Waals surface area contributed by atoms with E-state index in [1.807, 2.05) is 13.8 Å². The first kappa shape index (κ1) is 15.3. The van der Waals surface area contributed by atoms with Crippen molar-refractivity contribution in [2.24, 2.45) is 0 Å². The van der Waals surface area contributed by atoms with E-state index in [1.165, 1.54) is 38.2 Å². The van der Waals surface area contributed by atoms with Crippen molar-refractivity contribution in [2.75, 3.05) is 0 Å². The summed E-state index contributed by atoms with van der Waals surface area (Å²) in [5, 5.41) is 5.27. The fraction of sp³-hybridized carbons (Fsp3) is 0.130. The SMILES string of the molecule is CC.Cc1ccc(-c2cccc3c2ccc2ccccc23)cc1. The second-order valence-corrected chi connectivity index (χ2v) is 5.55. The molecular weight excluding hydrogens is 276 g/mol. The summed E-state index contributed by atoms with van der Waals surface area (Å²) >= 11 is 0.